The van der Waals surface area contributed by atoms with Gasteiger partial charge in [0.2, 0.25) is 0 Å². The smallest absolute Gasteiger partial charge is 0.256 e. The van der Waals surface area contributed by atoms with E-state index in [0.29, 0.717) is 29.9 Å². The highest BCUT2D eigenvalue weighted by Crippen LogP contribution is 2.29. The number of amides is 1. The molecule has 0 aromatic carbocycles. The molecule has 5 heteroatoms. The van der Waals surface area contributed by atoms with E-state index in [1.165, 1.54) is 0 Å². The highest BCUT2D eigenvalue weighted by atomic mass is 16.2. The Morgan fingerprint density at radius 1 is 1.67 bits per heavy atom. The number of carbonyl (C=O) groups is 1. The number of aromatic nitrogens is 1. The summed E-state index contributed by atoms with van der Waals surface area (Å²) in [7, 11) is 0. The van der Waals surface area contributed by atoms with Gasteiger partial charge in [0.1, 0.15) is 0 Å². The number of nitrogen functional groups attached to an aromatic ring is 1. The summed E-state index contributed by atoms with van der Waals surface area (Å²) in [4.78, 5) is 18.3. The minimum atomic E-state index is -0.0648. The number of nitriles is 1. The van der Waals surface area contributed by atoms with Crippen molar-refractivity contribution in [1.29, 1.82) is 5.26 Å². The lowest BCUT2D eigenvalue weighted by atomic mass is 10.1. The van der Waals surface area contributed by atoms with E-state index in [9.17, 15) is 4.79 Å². The van der Waals surface area contributed by atoms with Crippen molar-refractivity contribution < 1.29 is 4.79 Å². The van der Waals surface area contributed by atoms with Gasteiger partial charge in [-0.2, -0.15) is 5.26 Å². The molecule has 1 aliphatic carbocycles. The van der Waals surface area contributed by atoms with Crippen LogP contribution in [0.2, 0.25) is 0 Å². The van der Waals surface area contributed by atoms with Crippen molar-refractivity contribution in [3.63, 3.8) is 0 Å². The number of carbonyl (C=O) groups excluding carboxylic acids is 1. The third-order valence-corrected chi connectivity index (χ3v) is 3.05. The lowest BCUT2D eigenvalue weighted by Gasteiger charge is -2.22. The molecule has 0 bridgehead atoms. The lowest BCUT2D eigenvalue weighted by molar-refractivity contribution is 0.0745. The zero-order valence-electron chi connectivity index (χ0n) is 10.4. The van der Waals surface area contributed by atoms with Gasteiger partial charge >= 0.3 is 0 Å². The molecule has 0 radical (unpaired) electrons. The normalized spacial score (nSPS) is 14.0. The fraction of sp³-hybridized carbons (Fsp3) is 0.462. The molecular formula is C13H16N4O. The Morgan fingerprint density at radius 2 is 2.39 bits per heavy atom. The maximum atomic E-state index is 12.4. The van der Waals surface area contributed by atoms with Crippen LogP contribution >= 0.6 is 0 Å². The quantitative estimate of drug-likeness (QED) is 0.869. The zero-order chi connectivity index (χ0) is 13.1. The van der Waals surface area contributed by atoms with Crippen LogP contribution in [0, 0.1) is 18.3 Å². The molecule has 2 rings (SSSR count). The predicted molar refractivity (Wildman–Crippen MR) is 67.7 cm³/mol. The third kappa shape index (κ3) is 2.59. The van der Waals surface area contributed by atoms with Gasteiger partial charge in [0.15, 0.2) is 0 Å². The number of aryl methyl sites for hydroxylation is 1. The van der Waals surface area contributed by atoms with Crippen LogP contribution in [0.25, 0.3) is 0 Å². The topological polar surface area (TPSA) is 83.0 Å². The van der Waals surface area contributed by atoms with Crippen LogP contribution in [0.3, 0.4) is 0 Å². The molecule has 0 aliphatic heterocycles. The molecule has 5 nitrogen and oxygen atoms in total. The average Bonchev–Trinajstić information content (AvgIpc) is 3.17. The molecule has 1 aromatic rings. The molecule has 0 unspecified atom stereocenters. The second-order valence-electron chi connectivity index (χ2n) is 4.54. The van der Waals surface area contributed by atoms with Gasteiger partial charge in [-0.05, 0) is 25.8 Å². The van der Waals surface area contributed by atoms with Crippen molar-refractivity contribution in [2.45, 2.75) is 32.2 Å². The fourth-order valence-electron chi connectivity index (χ4n) is 1.93. The molecule has 1 fully saturated rings. The van der Waals surface area contributed by atoms with Crippen molar-refractivity contribution in [2.24, 2.45) is 0 Å². The summed E-state index contributed by atoms with van der Waals surface area (Å²) in [5, 5.41) is 8.65. The summed E-state index contributed by atoms with van der Waals surface area (Å²) in [6.45, 7) is 2.27. The second kappa shape index (κ2) is 5.05. The van der Waals surface area contributed by atoms with Crippen molar-refractivity contribution in [2.75, 3.05) is 12.3 Å². The summed E-state index contributed by atoms with van der Waals surface area (Å²) in [6, 6.07) is 4.02. The van der Waals surface area contributed by atoms with Gasteiger partial charge in [-0.1, -0.05) is 0 Å². The number of nitrogens with two attached hydrogens (primary N) is 1. The number of rotatable bonds is 4. The molecule has 0 saturated heterocycles. The van der Waals surface area contributed by atoms with E-state index in [-0.39, 0.29) is 11.9 Å². The molecule has 1 aliphatic rings. The highest BCUT2D eigenvalue weighted by molar-refractivity contribution is 5.96. The van der Waals surface area contributed by atoms with E-state index in [4.69, 9.17) is 11.0 Å². The van der Waals surface area contributed by atoms with E-state index in [1.807, 2.05) is 0 Å². The van der Waals surface area contributed by atoms with Crippen molar-refractivity contribution in [3.8, 4) is 6.07 Å². The van der Waals surface area contributed by atoms with Gasteiger partial charge in [-0.3, -0.25) is 9.78 Å². The summed E-state index contributed by atoms with van der Waals surface area (Å²) >= 11 is 0. The van der Waals surface area contributed by atoms with Crippen molar-refractivity contribution in [1.82, 2.24) is 9.88 Å². The Hall–Kier alpha value is -2.09. The van der Waals surface area contributed by atoms with E-state index in [1.54, 1.807) is 24.1 Å². The number of pyridine rings is 1. The van der Waals surface area contributed by atoms with Gasteiger partial charge in [0.25, 0.3) is 5.91 Å². The molecule has 2 N–H and O–H groups in total. The number of anilines is 1. The monoisotopic (exact) mass is 244 g/mol. The van der Waals surface area contributed by atoms with Gasteiger partial charge in [0, 0.05) is 12.6 Å². The highest BCUT2D eigenvalue weighted by Gasteiger charge is 2.33. The molecule has 1 heterocycles. The maximum absolute atomic E-state index is 12.4. The standard InChI is InChI=1S/C13H16N4O/c1-9-12(7-10(15)8-16-9)13(18)17(6-2-5-14)11-3-4-11/h7-8,11H,2-4,6,15H2,1H3. The van der Waals surface area contributed by atoms with Crippen molar-refractivity contribution >= 4 is 11.6 Å². The van der Waals surface area contributed by atoms with Gasteiger partial charge < -0.3 is 10.6 Å². The molecule has 18 heavy (non-hydrogen) atoms. The summed E-state index contributed by atoms with van der Waals surface area (Å²) < 4.78 is 0. The van der Waals surface area contributed by atoms with E-state index >= 15 is 0 Å². The van der Waals surface area contributed by atoms with Crippen LogP contribution < -0.4 is 5.73 Å². The first-order chi connectivity index (χ1) is 8.63. The Kier molecular flexibility index (Phi) is 3.47. The number of hydrogen-bond donors (Lipinski definition) is 1. The average molecular weight is 244 g/mol. The molecule has 0 spiro atoms. The molecule has 1 amide bonds. The predicted octanol–water partition coefficient (Wildman–Crippen LogP) is 1.49. The van der Waals surface area contributed by atoms with Gasteiger partial charge in [0.05, 0.1) is 35.6 Å². The molecular weight excluding hydrogens is 228 g/mol. The van der Waals surface area contributed by atoms with E-state index in [0.717, 1.165) is 12.8 Å². The van der Waals surface area contributed by atoms with Crippen LogP contribution in [-0.4, -0.2) is 28.4 Å². The Morgan fingerprint density at radius 3 is 3.00 bits per heavy atom. The van der Waals surface area contributed by atoms with E-state index < -0.39 is 0 Å². The summed E-state index contributed by atoms with van der Waals surface area (Å²) in [5.41, 5.74) is 7.38. The van der Waals surface area contributed by atoms with E-state index in [2.05, 4.69) is 11.1 Å². The minimum absolute atomic E-state index is 0.0648. The summed E-state index contributed by atoms with van der Waals surface area (Å²) in [5.74, 6) is -0.0648. The minimum Gasteiger partial charge on any atom is -0.397 e. The van der Waals surface area contributed by atoms with Crippen LogP contribution in [0.4, 0.5) is 5.69 Å². The molecule has 94 valence electrons. The van der Waals surface area contributed by atoms with Crippen molar-refractivity contribution in [3.05, 3.63) is 23.5 Å². The Labute approximate surface area is 106 Å². The third-order valence-electron chi connectivity index (χ3n) is 3.05. The van der Waals surface area contributed by atoms with Gasteiger partial charge in [-0.15, -0.1) is 0 Å². The van der Waals surface area contributed by atoms with Crippen LogP contribution in [0.15, 0.2) is 12.3 Å². The second-order valence-corrected chi connectivity index (χ2v) is 4.54. The first-order valence-corrected chi connectivity index (χ1v) is 6.03. The Balaban J connectivity index is 2.22. The zero-order valence-corrected chi connectivity index (χ0v) is 10.4. The molecule has 1 saturated carbocycles. The van der Waals surface area contributed by atoms with Gasteiger partial charge in [-0.25, -0.2) is 0 Å². The van der Waals surface area contributed by atoms with Crippen LogP contribution in [-0.2, 0) is 0 Å². The SMILES string of the molecule is Cc1ncc(N)cc1C(=O)N(CCC#N)C1CC1. The molecule has 1 aromatic heterocycles. The lowest BCUT2D eigenvalue weighted by Crippen LogP contribution is -2.34. The van der Waals surface area contributed by atoms with Crippen LogP contribution in [0.1, 0.15) is 35.3 Å². The number of nitrogens with zero attached hydrogens (tertiary/aromatic N) is 3. The maximum Gasteiger partial charge on any atom is 0.256 e. The Bertz CT molecular complexity index is 502. The first-order valence-electron chi connectivity index (χ1n) is 6.03. The fourth-order valence-corrected chi connectivity index (χ4v) is 1.93. The number of hydrogen-bond acceptors (Lipinski definition) is 4. The first kappa shape index (κ1) is 12.4. The largest absolute Gasteiger partial charge is 0.397 e. The molecule has 0 atom stereocenters. The summed E-state index contributed by atoms with van der Waals surface area (Å²) in [6.07, 6.45) is 3.94. The van der Waals surface area contributed by atoms with Crippen LogP contribution in [0.5, 0.6) is 0 Å².